The topological polar surface area (TPSA) is 46.2 Å². The third-order valence-corrected chi connectivity index (χ3v) is 4.53. The predicted octanol–water partition coefficient (Wildman–Crippen LogP) is 4.22. The quantitative estimate of drug-likeness (QED) is 0.536. The number of hydrogen-bond acceptors (Lipinski definition) is 5. The number of aromatic nitrogens is 1. The van der Waals surface area contributed by atoms with Gasteiger partial charge in [-0.25, -0.2) is 10.4 Å². The molecule has 5 heteroatoms. The summed E-state index contributed by atoms with van der Waals surface area (Å²) in [6.45, 7) is 7.04. The highest BCUT2D eigenvalue weighted by Gasteiger charge is 2.04. The smallest absolute Gasteiger partial charge is 0.0801 e. The zero-order valence-corrected chi connectivity index (χ0v) is 14.4. The van der Waals surface area contributed by atoms with Gasteiger partial charge in [0.2, 0.25) is 0 Å². The van der Waals surface area contributed by atoms with Gasteiger partial charge in [-0.15, -0.1) is 16.9 Å². The minimum Gasteiger partial charge on any atom is -0.284 e. The monoisotopic (exact) mass is 319 g/mol. The average Bonchev–Trinajstić information content (AvgIpc) is 2.96. The van der Waals surface area contributed by atoms with Crippen LogP contribution < -0.4 is 11.0 Å². The van der Waals surface area contributed by atoms with Crippen LogP contribution in [-0.2, 0) is 11.4 Å². The fourth-order valence-electron chi connectivity index (χ4n) is 2.18. The van der Waals surface area contributed by atoms with E-state index in [0.29, 0.717) is 0 Å². The number of aryl methyl sites for hydroxylation is 1. The summed E-state index contributed by atoms with van der Waals surface area (Å²) in [5.41, 5.74) is 11.3. The predicted molar refractivity (Wildman–Crippen MR) is 92.3 cm³/mol. The number of unbranched alkanes of at least 4 members (excludes halogenated alkanes) is 1. The Morgan fingerprint density at radius 3 is 2.68 bits per heavy atom. The van der Waals surface area contributed by atoms with E-state index in [-0.39, 0.29) is 6.10 Å². The van der Waals surface area contributed by atoms with Crippen molar-refractivity contribution in [3.63, 3.8) is 0 Å². The number of thiazole rings is 1. The Balaban J connectivity index is 1.74. The lowest BCUT2D eigenvalue weighted by molar-refractivity contribution is -0.0450. The van der Waals surface area contributed by atoms with Crippen LogP contribution in [0, 0.1) is 6.92 Å². The number of hydrogen-bond donors (Lipinski definition) is 2. The molecule has 120 valence electrons. The molecule has 22 heavy (non-hydrogen) atoms. The van der Waals surface area contributed by atoms with Crippen molar-refractivity contribution in [2.75, 3.05) is 0 Å². The van der Waals surface area contributed by atoms with Crippen molar-refractivity contribution in [1.29, 1.82) is 0 Å². The Hall–Kier alpha value is -1.27. The van der Waals surface area contributed by atoms with Gasteiger partial charge in [-0.05, 0) is 31.4 Å². The molecule has 0 bridgehead atoms. The van der Waals surface area contributed by atoms with Crippen molar-refractivity contribution < 1.29 is 4.84 Å². The van der Waals surface area contributed by atoms with Crippen LogP contribution in [0.4, 0.5) is 0 Å². The summed E-state index contributed by atoms with van der Waals surface area (Å²) < 4.78 is 0. The van der Waals surface area contributed by atoms with E-state index in [1.54, 1.807) is 11.3 Å². The van der Waals surface area contributed by atoms with Gasteiger partial charge >= 0.3 is 0 Å². The normalized spacial score (nSPS) is 12.5. The molecule has 1 unspecified atom stereocenters. The van der Waals surface area contributed by atoms with Gasteiger partial charge in [0.05, 0.1) is 22.2 Å². The van der Waals surface area contributed by atoms with Crippen molar-refractivity contribution in [2.24, 2.45) is 0 Å². The fourth-order valence-corrected chi connectivity index (χ4v) is 3.00. The van der Waals surface area contributed by atoms with Crippen molar-refractivity contribution >= 4 is 11.3 Å². The highest BCUT2D eigenvalue weighted by molar-refractivity contribution is 7.13. The minimum absolute atomic E-state index is 0.226. The van der Waals surface area contributed by atoms with Crippen molar-refractivity contribution in [3.8, 4) is 10.4 Å². The lowest BCUT2D eigenvalue weighted by Gasteiger charge is -2.13. The molecule has 0 aliphatic rings. The highest BCUT2D eigenvalue weighted by atomic mass is 32.1. The lowest BCUT2D eigenvalue weighted by Crippen LogP contribution is -2.34. The maximum absolute atomic E-state index is 5.50. The lowest BCUT2D eigenvalue weighted by atomic mass is 10.1. The zero-order valence-electron chi connectivity index (χ0n) is 13.6. The Bertz CT molecular complexity index is 553. The molecule has 0 radical (unpaired) electrons. The molecule has 0 spiro atoms. The number of nitrogens with one attached hydrogen (secondary N) is 2. The van der Waals surface area contributed by atoms with Gasteiger partial charge in [0.25, 0.3) is 0 Å². The molecular formula is C17H25N3OS. The number of nitrogens with zero attached hydrogens (tertiary/aromatic N) is 1. The van der Waals surface area contributed by atoms with Crippen LogP contribution in [0.1, 0.15) is 44.4 Å². The van der Waals surface area contributed by atoms with Gasteiger partial charge in [0.1, 0.15) is 0 Å². The average molecular weight is 319 g/mol. The molecule has 2 N–H and O–H groups in total. The van der Waals surface area contributed by atoms with Crippen LogP contribution in [0.15, 0.2) is 29.8 Å². The molecule has 2 aromatic rings. The van der Waals surface area contributed by atoms with E-state index >= 15 is 0 Å². The van der Waals surface area contributed by atoms with Crippen LogP contribution in [0.25, 0.3) is 10.4 Å². The first-order valence-corrected chi connectivity index (χ1v) is 8.71. The van der Waals surface area contributed by atoms with Crippen molar-refractivity contribution in [1.82, 2.24) is 16.0 Å². The zero-order chi connectivity index (χ0) is 15.8. The molecule has 1 aromatic carbocycles. The van der Waals surface area contributed by atoms with E-state index in [1.165, 1.54) is 28.8 Å². The summed E-state index contributed by atoms with van der Waals surface area (Å²) in [6.07, 6.45) is 3.70. The highest BCUT2D eigenvalue weighted by Crippen LogP contribution is 2.27. The van der Waals surface area contributed by atoms with Crippen LogP contribution in [0.5, 0.6) is 0 Å². The largest absolute Gasteiger partial charge is 0.284 e. The van der Waals surface area contributed by atoms with Gasteiger partial charge < -0.3 is 0 Å². The molecule has 0 aliphatic heterocycles. The summed E-state index contributed by atoms with van der Waals surface area (Å²) in [7, 11) is 0. The second-order valence-electron chi connectivity index (χ2n) is 5.49. The van der Waals surface area contributed by atoms with Crippen LogP contribution >= 0.6 is 11.3 Å². The number of rotatable bonds is 9. The second kappa shape index (κ2) is 9.00. The van der Waals surface area contributed by atoms with Crippen molar-refractivity contribution in [3.05, 3.63) is 41.0 Å². The van der Waals surface area contributed by atoms with Crippen LogP contribution in [0.3, 0.4) is 0 Å². The molecule has 0 fully saturated rings. The maximum Gasteiger partial charge on any atom is 0.0801 e. The molecular weight excluding hydrogens is 294 g/mol. The Labute approximate surface area is 136 Å². The number of benzene rings is 1. The van der Waals surface area contributed by atoms with E-state index in [2.05, 4.69) is 54.1 Å². The Morgan fingerprint density at radius 2 is 2.05 bits per heavy atom. The maximum atomic E-state index is 5.50. The van der Waals surface area contributed by atoms with Gasteiger partial charge in [0.15, 0.2) is 0 Å². The Morgan fingerprint density at radius 1 is 1.27 bits per heavy atom. The second-order valence-corrected chi connectivity index (χ2v) is 6.34. The molecule has 4 nitrogen and oxygen atoms in total. The summed E-state index contributed by atoms with van der Waals surface area (Å²) in [6, 6.07) is 8.54. The standard InChI is InChI=1S/C17H25N3OS/c1-4-5-6-13(2)21-20-19-11-15-7-9-16(10-8-15)17-14(3)18-12-22-17/h7-10,12-13,19-20H,4-6,11H2,1-3H3. The molecule has 1 heterocycles. The first kappa shape index (κ1) is 17.1. The van der Waals surface area contributed by atoms with Gasteiger partial charge in [-0.2, -0.15) is 0 Å². The molecule has 2 rings (SSSR count). The minimum atomic E-state index is 0.226. The SMILES string of the molecule is CCCCC(C)ONNCc1ccc(-c2scnc2C)cc1. The summed E-state index contributed by atoms with van der Waals surface area (Å²) >= 11 is 1.68. The first-order chi connectivity index (χ1) is 10.7. The van der Waals surface area contributed by atoms with Gasteiger partial charge in [-0.1, -0.05) is 44.0 Å². The van der Waals surface area contributed by atoms with Gasteiger partial charge in [0, 0.05) is 6.54 Å². The third-order valence-electron chi connectivity index (χ3n) is 3.55. The van der Waals surface area contributed by atoms with Crippen molar-refractivity contribution in [2.45, 2.75) is 52.7 Å². The summed E-state index contributed by atoms with van der Waals surface area (Å²) in [5, 5.41) is 0. The Kier molecular flexibility index (Phi) is 6.99. The third kappa shape index (κ3) is 5.18. The van der Waals surface area contributed by atoms with Crippen LogP contribution in [0.2, 0.25) is 0 Å². The molecule has 1 aromatic heterocycles. The van der Waals surface area contributed by atoms with E-state index < -0.39 is 0 Å². The van der Waals surface area contributed by atoms with E-state index in [4.69, 9.17) is 4.84 Å². The van der Waals surface area contributed by atoms with E-state index in [9.17, 15) is 0 Å². The van der Waals surface area contributed by atoms with E-state index in [1.807, 2.05) is 12.4 Å². The van der Waals surface area contributed by atoms with Gasteiger partial charge in [-0.3, -0.25) is 4.84 Å². The molecule has 0 aliphatic carbocycles. The fraction of sp³-hybridized carbons (Fsp3) is 0.471. The molecule has 1 atom stereocenters. The molecule has 0 amide bonds. The summed E-state index contributed by atoms with van der Waals surface area (Å²) in [5.74, 6) is 0. The molecule has 0 saturated heterocycles. The van der Waals surface area contributed by atoms with Crippen LogP contribution in [-0.4, -0.2) is 11.1 Å². The molecule has 0 saturated carbocycles. The van der Waals surface area contributed by atoms with E-state index in [0.717, 1.165) is 18.7 Å². The first-order valence-electron chi connectivity index (χ1n) is 7.83. The number of hydrazine groups is 1. The summed E-state index contributed by atoms with van der Waals surface area (Å²) in [4.78, 5) is 11.0.